The van der Waals surface area contributed by atoms with Crippen molar-refractivity contribution in [2.24, 2.45) is 5.10 Å². The highest BCUT2D eigenvalue weighted by molar-refractivity contribution is 9.10. The lowest BCUT2D eigenvalue weighted by molar-refractivity contribution is -0.123. The molecule has 0 saturated heterocycles. The SMILES string of the molecule is COc1ccc(Br)cc1/C=N\NC(=O)COc1cc(C)ccc1C. The first-order chi connectivity index (χ1) is 11.5. The van der Waals surface area contributed by atoms with Crippen LogP contribution in [0.15, 0.2) is 46.0 Å². The maximum atomic E-state index is 11.8. The van der Waals surface area contributed by atoms with Gasteiger partial charge >= 0.3 is 0 Å². The molecule has 2 rings (SSSR count). The number of hydrogen-bond donors (Lipinski definition) is 1. The third-order valence-corrected chi connectivity index (χ3v) is 3.78. The first kappa shape index (κ1) is 18.0. The second-order valence-electron chi connectivity index (χ2n) is 5.24. The summed E-state index contributed by atoms with van der Waals surface area (Å²) in [6.45, 7) is 3.81. The predicted octanol–water partition coefficient (Wildman–Crippen LogP) is 3.60. The Balaban J connectivity index is 1.91. The fourth-order valence-corrected chi connectivity index (χ4v) is 2.40. The van der Waals surface area contributed by atoms with Crippen LogP contribution in [-0.4, -0.2) is 25.8 Å². The third kappa shape index (κ3) is 5.09. The standard InChI is InChI=1S/C18H19BrN2O3/c1-12-4-5-13(2)17(8-12)24-11-18(22)21-20-10-14-9-15(19)6-7-16(14)23-3/h4-10H,11H2,1-3H3,(H,21,22)/b20-10-. The average Bonchev–Trinajstić information content (AvgIpc) is 2.56. The Labute approximate surface area is 149 Å². The van der Waals surface area contributed by atoms with Gasteiger partial charge in [0.15, 0.2) is 6.61 Å². The van der Waals surface area contributed by atoms with Gasteiger partial charge in [-0.25, -0.2) is 5.43 Å². The highest BCUT2D eigenvalue weighted by Gasteiger charge is 2.05. The first-order valence-electron chi connectivity index (χ1n) is 7.35. The first-order valence-corrected chi connectivity index (χ1v) is 8.14. The fourth-order valence-electron chi connectivity index (χ4n) is 2.02. The summed E-state index contributed by atoms with van der Waals surface area (Å²) in [5.41, 5.74) is 5.25. The number of hydrogen-bond acceptors (Lipinski definition) is 4. The molecule has 0 atom stereocenters. The van der Waals surface area contributed by atoms with Gasteiger partial charge in [0.2, 0.25) is 0 Å². The van der Waals surface area contributed by atoms with Crippen molar-refractivity contribution in [1.29, 1.82) is 0 Å². The van der Waals surface area contributed by atoms with Gasteiger partial charge in [-0.05, 0) is 49.2 Å². The van der Waals surface area contributed by atoms with Gasteiger partial charge in [-0.3, -0.25) is 4.79 Å². The highest BCUT2D eigenvalue weighted by Crippen LogP contribution is 2.21. The lowest BCUT2D eigenvalue weighted by atomic mass is 10.1. The van der Waals surface area contributed by atoms with E-state index < -0.39 is 0 Å². The Morgan fingerprint density at radius 3 is 2.75 bits per heavy atom. The van der Waals surface area contributed by atoms with E-state index in [1.54, 1.807) is 7.11 Å². The molecule has 0 fully saturated rings. The van der Waals surface area contributed by atoms with E-state index in [-0.39, 0.29) is 12.5 Å². The fraction of sp³-hybridized carbons (Fsp3) is 0.222. The van der Waals surface area contributed by atoms with E-state index in [2.05, 4.69) is 26.5 Å². The number of rotatable bonds is 6. The number of ether oxygens (including phenoxy) is 2. The number of benzene rings is 2. The zero-order valence-corrected chi connectivity index (χ0v) is 15.4. The van der Waals surface area contributed by atoms with Gasteiger partial charge in [-0.1, -0.05) is 28.1 Å². The lowest BCUT2D eigenvalue weighted by Gasteiger charge is -2.09. The van der Waals surface area contributed by atoms with Crippen molar-refractivity contribution in [2.75, 3.05) is 13.7 Å². The van der Waals surface area contributed by atoms with Crippen LogP contribution in [0.1, 0.15) is 16.7 Å². The van der Waals surface area contributed by atoms with Crippen molar-refractivity contribution in [3.8, 4) is 11.5 Å². The van der Waals surface area contributed by atoms with Crippen LogP contribution < -0.4 is 14.9 Å². The van der Waals surface area contributed by atoms with E-state index in [1.807, 2.05) is 50.2 Å². The molecule has 2 aromatic carbocycles. The van der Waals surface area contributed by atoms with Gasteiger partial charge in [0, 0.05) is 10.0 Å². The summed E-state index contributed by atoms with van der Waals surface area (Å²) in [7, 11) is 1.58. The average molecular weight is 391 g/mol. The number of carbonyl (C=O) groups is 1. The van der Waals surface area contributed by atoms with Crippen molar-refractivity contribution in [3.05, 3.63) is 57.6 Å². The van der Waals surface area contributed by atoms with Crippen molar-refractivity contribution in [3.63, 3.8) is 0 Å². The van der Waals surface area contributed by atoms with Crippen LogP contribution in [0.3, 0.4) is 0 Å². The predicted molar refractivity (Wildman–Crippen MR) is 97.8 cm³/mol. The molecule has 1 amide bonds. The van der Waals surface area contributed by atoms with Crippen LogP contribution in [0.2, 0.25) is 0 Å². The molecular formula is C18H19BrN2O3. The normalized spacial score (nSPS) is 10.7. The summed E-state index contributed by atoms with van der Waals surface area (Å²) in [6, 6.07) is 11.4. The second kappa shape index (κ2) is 8.49. The maximum absolute atomic E-state index is 11.8. The smallest absolute Gasteiger partial charge is 0.277 e. The molecule has 0 heterocycles. The molecule has 6 heteroatoms. The molecule has 0 bridgehead atoms. The van der Waals surface area contributed by atoms with Gasteiger partial charge in [0.25, 0.3) is 5.91 Å². The van der Waals surface area contributed by atoms with E-state index in [0.29, 0.717) is 11.5 Å². The molecule has 0 aromatic heterocycles. The van der Waals surface area contributed by atoms with Crippen LogP contribution in [0.5, 0.6) is 11.5 Å². The Bertz CT molecular complexity index is 760. The number of amides is 1. The minimum absolute atomic E-state index is 0.0999. The summed E-state index contributed by atoms with van der Waals surface area (Å²) < 4.78 is 11.7. The topological polar surface area (TPSA) is 59.9 Å². The number of nitrogens with one attached hydrogen (secondary N) is 1. The van der Waals surface area contributed by atoms with Crippen molar-refractivity contribution in [1.82, 2.24) is 5.43 Å². The van der Waals surface area contributed by atoms with Crippen LogP contribution in [-0.2, 0) is 4.79 Å². The quantitative estimate of drug-likeness (QED) is 0.605. The molecule has 0 saturated carbocycles. The Kier molecular flexibility index (Phi) is 6.37. The summed E-state index contributed by atoms with van der Waals surface area (Å²) in [6.07, 6.45) is 1.53. The minimum atomic E-state index is -0.332. The number of hydrazone groups is 1. The number of aryl methyl sites for hydroxylation is 2. The minimum Gasteiger partial charge on any atom is -0.496 e. The van der Waals surface area contributed by atoms with E-state index in [1.165, 1.54) is 6.21 Å². The molecule has 5 nitrogen and oxygen atoms in total. The molecule has 126 valence electrons. The highest BCUT2D eigenvalue weighted by atomic mass is 79.9. The van der Waals surface area contributed by atoms with Gasteiger partial charge in [0.1, 0.15) is 11.5 Å². The van der Waals surface area contributed by atoms with Crippen molar-refractivity contribution in [2.45, 2.75) is 13.8 Å². The third-order valence-electron chi connectivity index (χ3n) is 3.29. The lowest BCUT2D eigenvalue weighted by Crippen LogP contribution is -2.24. The maximum Gasteiger partial charge on any atom is 0.277 e. The molecule has 1 N–H and O–H groups in total. The molecule has 2 aromatic rings. The molecule has 24 heavy (non-hydrogen) atoms. The van der Waals surface area contributed by atoms with E-state index in [0.717, 1.165) is 21.2 Å². The molecule has 0 radical (unpaired) electrons. The molecule has 0 spiro atoms. The van der Waals surface area contributed by atoms with Crippen LogP contribution in [0, 0.1) is 13.8 Å². The molecular weight excluding hydrogens is 372 g/mol. The Morgan fingerprint density at radius 1 is 1.21 bits per heavy atom. The second-order valence-corrected chi connectivity index (χ2v) is 6.15. The summed E-state index contributed by atoms with van der Waals surface area (Å²) >= 11 is 3.39. The van der Waals surface area contributed by atoms with E-state index in [4.69, 9.17) is 9.47 Å². The number of methoxy groups -OCH3 is 1. The van der Waals surface area contributed by atoms with Crippen LogP contribution in [0.4, 0.5) is 0 Å². The number of halogens is 1. The van der Waals surface area contributed by atoms with E-state index in [9.17, 15) is 4.79 Å². The van der Waals surface area contributed by atoms with Crippen molar-refractivity contribution < 1.29 is 14.3 Å². The summed E-state index contributed by atoms with van der Waals surface area (Å²) in [5, 5.41) is 3.94. The summed E-state index contributed by atoms with van der Waals surface area (Å²) in [4.78, 5) is 11.8. The van der Waals surface area contributed by atoms with Gasteiger partial charge in [-0.15, -0.1) is 0 Å². The molecule has 0 unspecified atom stereocenters. The summed E-state index contributed by atoms with van der Waals surface area (Å²) in [5.74, 6) is 1.03. The number of carbonyl (C=O) groups excluding carboxylic acids is 1. The van der Waals surface area contributed by atoms with Gasteiger partial charge in [0.05, 0.1) is 13.3 Å². The number of nitrogens with zero attached hydrogens (tertiary/aromatic N) is 1. The van der Waals surface area contributed by atoms with E-state index >= 15 is 0 Å². The van der Waals surface area contributed by atoms with Gasteiger partial charge in [-0.2, -0.15) is 5.10 Å². The molecule has 0 aliphatic carbocycles. The van der Waals surface area contributed by atoms with Gasteiger partial charge < -0.3 is 9.47 Å². The molecule has 0 aliphatic heterocycles. The zero-order chi connectivity index (χ0) is 17.5. The van der Waals surface area contributed by atoms with Crippen LogP contribution >= 0.6 is 15.9 Å². The Morgan fingerprint density at radius 2 is 2.00 bits per heavy atom. The van der Waals surface area contributed by atoms with Crippen molar-refractivity contribution >= 4 is 28.1 Å². The zero-order valence-electron chi connectivity index (χ0n) is 13.8. The largest absolute Gasteiger partial charge is 0.496 e. The Hall–Kier alpha value is -2.34. The van der Waals surface area contributed by atoms with Crippen LogP contribution in [0.25, 0.3) is 0 Å². The molecule has 0 aliphatic rings. The monoisotopic (exact) mass is 390 g/mol.